The second-order valence-electron chi connectivity index (χ2n) is 6.30. The van der Waals surface area contributed by atoms with Gasteiger partial charge in [0.15, 0.2) is 0 Å². The first-order chi connectivity index (χ1) is 9.08. The lowest BCUT2D eigenvalue weighted by atomic mass is 10.0. The predicted octanol–water partition coefficient (Wildman–Crippen LogP) is 3.20. The van der Waals surface area contributed by atoms with E-state index in [9.17, 15) is 0 Å². The lowest BCUT2D eigenvalue weighted by Crippen LogP contribution is -2.42. The van der Waals surface area contributed by atoms with Crippen LogP contribution in [0.3, 0.4) is 0 Å². The van der Waals surface area contributed by atoms with Crippen molar-refractivity contribution in [3.05, 3.63) is 35.4 Å². The van der Waals surface area contributed by atoms with Gasteiger partial charge in [0.25, 0.3) is 0 Å². The average molecular weight is 260 g/mol. The minimum atomic E-state index is 0.619. The van der Waals surface area contributed by atoms with Crippen molar-refractivity contribution in [2.45, 2.75) is 52.7 Å². The Balaban J connectivity index is 2.09. The molecule has 1 fully saturated rings. The fourth-order valence-corrected chi connectivity index (χ4v) is 2.83. The maximum atomic E-state index is 3.70. The molecule has 0 radical (unpaired) electrons. The molecule has 1 aromatic carbocycles. The van der Waals surface area contributed by atoms with Crippen molar-refractivity contribution in [3.8, 4) is 0 Å². The van der Waals surface area contributed by atoms with Crippen molar-refractivity contribution in [3.63, 3.8) is 0 Å². The third-order valence-electron chi connectivity index (χ3n) is 4.46. The molecule has 2 rings (SSSR count). The number of benzene rings is 1. The quantitative estimate of drug-likeness (QED) is 0.898. The van der Waals surface area contributed by atoms with Crippen molar-refractivity contribution in [1.82, 2.24) is 10.2 Å². The van der Waals surface area contributed by atoms with Crippen LogP contribution in [0, 0.1) is 12.8 Å². The molecule has 1 N–H and O–H groups in total. The molecule has 2 atom stereocenters. The molecule has 1 aromatic rings. The van der Waals surface area contributed by atoms with E-state index in [1.54, 1.807) is 0 Å². The van der Waals surface area contributed by atoms with Crippen LogP contribution < -0.4 is 5.32 Å². The average Bonchev–Trinajstić information content (AvgIpc) is 2.55. The first kappa shape index (κ1) is 14.5. The number of hydrogen-bond donors (Lipinski definition) is 1. The Labute approximate surface area is 118 Å². The van der Waals surface area contributed by atoms with E-state index in [1.165, 1.54) is 17.5 Å². The normalized spacial score (nSPS) is 25.5. The maximum Gasteiger partial charge on any atom is 0.0239 e. The number of nitrogens with zero attached hydrogens (tertiary/aromatic N) is 1. The zero-order valence-electron chi connectivity index (χ0n) is 12.8. The fraction of sp³-hybridized carbons (Fsp3) is 0.647. The van der Waals surface area contributed by atoms with Crippen LogP contribution in [0.1, 0.15) is 38.3 Å². The van der Waals surface area contributed by atoms with Gasteiger partial charge in [0, 0.05) is 25.2 Å². The van der Waals surface area contributed by atoms with Gasteiger partial charge in [-0.1, -0.05) is 38.1 Å². The lowest BCUT2D eigenvalue weighted by Gasteiger charge is -2.31. The van der Waals surface area contributed by atoms with Crippen molar-refractivity contribution in [1.29, 1.82) is 0 Å². The Kier molecular flexibility index (Phi) is 5.00. The Bertz CT molecular complexity index is 400. The molecule has 0 aromatic heterocycles. The van der Waals surface area contributed by atoms with Gasteiger partial charge in [0.2, 0.25) is 0 Å². The molecule has 106 valence electrons. The number of nitrogens with one attached hydrogen (secondary N) is 1. The number of rotatable bonds is 3. The van der Waals surface area contributed by atoms with Gasteiger partial charge in [0.1, 0.15) is 0 Å². The van der Waals surface area contributed by atoms with Gasteiger partial charge in [0.05, 0.1) is 0 Å². The zero-order chi connectivity index (χ0) is 13.8. The molecular formula is C17H28N2. The van der Waals surface area contributed by atoms with Crippen LogP contribution in [0.4, 0.5) is 0 Å². The van der Waals surface area contributed by atoms with E-state index >= 15 is 0 Å². The Morgan fingerprint density at radius 2 is 2.05 bits per heavy atom. The fourth-order valence-electron chi connectivity index (χ4n) is 2.83. The van der Waals surface area contributed by atoms with Crippen LogP contribution in [0.15, 0.2) is 24.3 Å². The van der Waals surface area contributed by atoms with Crippen LogP contribution in [0.25, 0.3) is 0 Å². The highest BCUT2D eigenvalue weighted by Crippen LogP contribution is 2.18. The summed E-state index contributed by atoms with van der Waals surface area (Å²) in [5.74, 6) is 0.699. The minimum Gasteiger partial charge on any atom is -0.312 e. The topological polar surface area (TPSA) is 15.3 Å². The van der Waals surface area contributed by atoms with Crippen LogP contribution in [-0.4, -0.2) is 30.1 Å². The summed E-state index contributed by atoms with van der Waals surface area (Å²) in [6.07, 6.45) is 1.25. The summed E-state index contributed by atoms with van der Waals surface area (Å²) >= 11 is 0. The summed E-state index contributed by atoms with van der Waals surface area (Å²) in [7, 11) is 0. The van der Waals surface area contributed by atoms with Gasteiger partial charge in [-0.25, -0.2) is 0 Å². The number of aryl methyl sites for hydroxylation is 1. The monoisotopic (exact) mass is 260 g/mol. The summed E-state index contributed by atoms with van der Waals surface area (Å²) < 4.78 is 0. The van der Waals surface area contributed by atoms with E-state index in [-0.39, 0.29) is 0 Å². The van der Waals surface area contributed by atoms with E-state index in [2.05, 4.69) is 62.2 Å². The molecule has 1 aliphatic heterocycles. The van der Waals surface area contributed by atoms with Crippen molar-refractivity contribution < 1.29 is 0 Å². The van der Waals surface area contributed by atoms with Crippen LogP contribution >= 0.6 is 0 Å². The molecule has 19 heavy (non-hydrogen) atoms. The molecule has 2 unspecified atom stereocenters. The smallest absolute Gasteiger partial charge is 0.0239 e. The highest BCUT2D eigenvalue weighted by Gasteiger charge is 2.24. The lowest BCUT2D eigenvalue weighted by molar-refractivity contribution is 0.183. The molecule has 2 heteroatoms. The van der Waals surface area contributed by atoms with Gasteiger partial charge in [-0.3, -0.25) is 4.90 Å². The molecule has 0 aliphatic carbocycles. The highest BCUT2D eigenvalue weighted by molar-refractivity contribution is 5.25. The predicted molar refractivity (Wildman–Crippen MR) is 82.3 cm³/mol. The maximum absolute atomic E-state index is 3.70. The summed E-state index contributed by atoms with van der Waals surface area (Å²) in [6.45, 7) is 12.6. The molecule has 0 spiro atoms. The largest absolute Gasteiger partial charge is 0.312 e. The Morgan fingerprint density at radius 1 is 1.32 bits per heavy atom. The van der Waals surface area contributed by atoms with Gasteiger partial charge in [-0.15, -0.1) is 0 Å². The standard InChI is InChI=1S/C17H28N2/c1-13(2)17-12-19(15(4)9-10-18-17)11-16-8-6-5-7-14(16)3/h5-8,13,15,17-18H,9-12H2,1-4H3. The van der Waals surface area contributed by atoms with Crippen LogP contribution in [-0.2, 0) is 6.54 Å². The summed E-state index contributed by atoms with van der Waals surface area (Å²) in [4.78, 5) is 2.65. The van der Waals surface area contributed by atoms with E-state index < -0.39 is 0 Å². The van der Waals surface area contributed by atoms with E-state index in [1.807, 2.05) is 0 Å². The van der Waals surface area contributed by atoms with Crippen molar-refractivity contribution in [2.24, 2.45) is 5.92 Å². The van der Waals surface area contributed by atoms with Gasteiger partial charge in [-0.05, 0) is 43.9 Å². The number of hydrogen-bond acceptors (Lipinski definition) is 2. The van der Waals surface area contributed by atoms with Crippen LogP contribution in [0.2, 0.25) is 0 Å². The first-order valence-corrected chi connectivity index (χ1v) is 7.60. The second-order valence-corrected chi connectivity index (χ2v) is 6.30. The van der Waals surface area contributed by atoms with Crippen molar-refractivity contribution >= 4 is 0 Å². The van der Waals surface area contributed by atoms with Gasteiger partial charge >= 0.3 is 0 Å². The minimum absolute atomic E-state index is 0.619. The molecule has 0 amide bonds. The molecule has 1 aliphatic rings. The molecular weight excluding hydrogens is 232 g/mol. The zero-order valence-corrected chi connectivity index (χ0v) is 12.8. The first-order valence-electron chi connectivity index (χ1n) is 7.60. The highest BCUT2D eigenvalue weighted by atomic mass is 15.2. The van der Waals surface area contributed by atoms with Gasteiger partial charge in [-0.2, -0.15) is 0 Å². The molecule has 0 bridgehead atoms. The molecule has 0 saturated carbocycles. The Hall–Kier alpha value is -0.860. The third-order valence-corrected chi connectivity index (χ3v) is 4.46. The molecule has 1 saturated heterocycles. The van der Waals surface area contributed by atoms with Crippen molar-refractivity contribution in [2.75, 3.05) is 13.1 Å². The molecule has 2 nitrogen and oxygen atoms in total. The van der Waals surface area contributed by atoms with Gasteiger partial charge < -0.3 is 5.32 Å². The van der Waals surface area contributed by atoms with E-state index in [0.717, 1.165) is 19.6 Å². The van der Waals surface area contributed by atoms with Crippen LogP contribution in [0.5, 0.6) is 0 Å². The summed E-state index contributed by atoms with van der Waals surface area (Å²) in [5, 5.41) is 3.70. The third kappa shape index (κ3) is 3.80. The summed E-state index contributed by atoms with van der Waals surface area (Å²) in [6, 6.07) is 10.1. The van der Waals surface area contributed by atoms with E-state index in [0.29, 0.717) is 18.0 Å². The second kappa shape index (κ2) is 6.53. The molecule has 1 heterocycles. The SMILES string of the molecule is Cc1ccccc1CN1CC(C(C)C)NCCC1C. The van der Waals surface area contributed by atoms with E-state index in [4.69, 9.17) is 0 Å². The Morgan fingerprint density at radius 3 is 2.74 bits per heavy atom. The summed E-state index contributed by atoms with van der Waals surface area (Å²) in [5.41, 5.74) is 2.88.